The molecule has 1 rings (SSSR count). The Kier molecular flexibility index (Phi) is 7.65. The van der Waals surface area contributed by atoms with Crippen LogP contribution in [-0.2, 0) is 6.54 Å². The molecule has 0 aliphatic rings. The van der Waals surface area contributed by atoms with Crippen LogP contribution in [0.2, 0.25) is 0 Å². The molecule has 1 aromatic heterocycles. The molecule has 0 bridgehead atoms. The maximum atomic E-state index is 4.61. The summed E-state index contributed by atoms with van der Waals surface area (Å²) in [7, 11) is 0. The van der Waals surface area contributed by atoms with Gasteiger partial charge >= 0.3 is 0 Å². The van der Waals surface area contributed by atoms with Crippen LogP contribution in [0.25, 0.3) is 0 Å². The van der Waals surface area contributed by atoms with E-state index in [1.807, 2.05) is 12.4 Å². The molecule has 120 valence electrons. The van der Waals surface area contributed by atoms with Gasteiger partial charge in [-0.05, 0) is 33.6 Å². The highest BCUT2D eigenvalue weighted by molar-refractivity contribution is 5.35. The number of anilines is 1. The van der Waals surface area contributed by atoms with Crippen molar-refractivity contribution in [3.05, 3.63) is 18.1 Å². The summed E-state index contributed by atoms with van der Waals surface area (Å²) in [4.78, 5) is 11.5. The Morgan fingerprint density at radius 3 is 2.05 bits per heavy atom. The molecule has 0 aliphatic heterocycles. The molecule has 4 nitrogen and oxygen atoms in total. The fourth-order valence-electron chi connectivity index (χ4n) is 2.00. The molecule has 0 aromatic carbocycles. The van der Waals surface area contributed by atoms with Crippen molar-refractivity contribution in [3.63, 3.8) is 0 Å². The van der Waals surface area contributed by atoms with Crippen LogP contribution in [0.5, 0.6) is 0 Å². The maximum Gasteiger partial charge on any atom is 0.147 e. The molecule has 21 heavy (non-hydrogen) atoms. The first kappa shape index (κ1) is 17.9. The number of rotatable bonds is 9. The highest BCUT2D eigenvalue weighted by Gasteiger charge is 2.10. The molecule has 0 unspecified atom stereocenters. The van der Waals surface area contributed by atoms with E-state index in [2.05, 4.69) is 54.8 Å². The molecule has 1 N–H and O–H groups in total. The number of hydrogen-bond donors (Lipinski definition) is 1. The summed E-state index contributed by atoms with van der Waals surface area (Å²) in [6.45, 7) is 13.8. The summed E-state index contributed by atoms with van der Waals surface area (Å²) in [6, 6.07) is 0. The Morgan fingerprint density at radius 1 is 1.00 bits per heavy atom. The van der Waals surface area contributed by atoms with Crippen LogP contribution in [-0.4, -0.2) is 28.6 Å². The van der Waals surface area contributed by atoms with Crippen LogP contribution in [0.3, 0.4) is 0 Å². The van der Waals surface area contributed by atoms with Gasteiger partial charge in [-0.3, -0.25) is 4.98 Å². The summed E-state index contributed by atoms with van der Waals surface area (Å²) in [5, 5.41) is 3.44. The molecular formula is C17H32N4. The first-order valence-corrected chi connectivity index (χ1v) is 8.27. The molecule has 4 heteroatoms. The minimum atomic E-state index is 0.106. The van der Waals surface area contributed by atoms with Crippen LogP contribution in [0.1, 0.15) is 66.0 Å². The van der Waals surface area contributed by atoms with Crippen LogP contribution in [0, 0.1) is 0 Å². The van der Waals surface area contributed by atoms with E-state index in [0.29, 0.717) is 0 Å². The summed E-state index contributed by atoms with van der Waals surface area (Å²) in [6.07, 6.45) is 8.66. The monoisotopic (exact) mass is 292 g/mol. The van der Waals surface area contributed by atoms with E-state index in [0.717, 1.165) is 31.1 Å². The van der Waals surface area contributed by atoms with Gasteiger partial charge in [-0.2, -0.15) is 0 Å². The fraction of sp³-hybridized carbons (Fsp3) is 0.765. The predicted octanol–water partition coefficient (Wildman–Crippen LogP) is 3.77. The molecule has 0 saturated heterocycles. The van der Waals surface area contributed by atoms with E-state index in [1.165, 1.54) is 25.7 Å². The van der Waals surface area contributed by atoms with E-state index in [-0.39, 0.29) is 5.54 Å². The van der Waals surface area contributed by atoms with E-state index >= 15 is 0 Å². The number of aromatic nitrogens is 2. The lowest BCUT2D eigenvalue weighted by Gasteiger charge is -2.23. The first-order chi connectivity index (χ1) is 9.96. The van der Waals surface area contributed by atoms with Crippen molar-refractivity contribution in [1.29, 1.82) is 0 Å². The second-order valence-corrected chi connectivity index (χ2v) is 6.66. The van der Waals surface area contributed by atoms with Gasteiger partial charge in [0.2, 0.25) is 0 Å². The zero-order valence-corrected chi connectivity index (χ0v) is 14.4. The molecule has 0 aliphatic carbocycles. The third kappa shape index (κ3) is 7.42. The average molecular weight is 292 g/mol. The van der Waals surface area contributed by atoms with Gasteiger partial charge < -0.3 is 10.2 Å². The topological polar surface area (TPSA) is 41.1 Å². The van der Waals surface area contributed by atoms with E-state index in [4.69, 9.17) is 0 Å². The van der Waals surface area contributed by atoms with Gasteiger partial charge in [0.05, 0.1) is 18.1 Å². The molecule has 0 atom stereocenters. The Balaban J connectivity index is 2.63. The summed E-state index contributed by atoms with van der Waals surface area (Å²) in [5.74, 6) is 1.01. The van der Waals surface area contributed by atoms with Crippen molar-refractivity contribution in [3.8, 4) is 0 Å². The van der Waals surface area contributed by atoms with Crippen molar-refractivity contribution < 1.29 is 0 Å². The Morgan fingerprint density at radius 2 is 1.62 bits per heavy atom. The van der Waals surface area contributed by atoms with Crippen LogP contribution < -0.4 is 10.2 Å². The highest BCUT2D eigenvalue weighted by atomic mass is 15.2. The van der Waals surface area contributed by atoms with Gasteiger partial charge in [0, 0.05) is 25.2 Å². The molecule has 0 amide bonds. The van der Waals surface area contributed by atoms with Crippen molar-refractivity contribution >= 4 is 5.82 Å². The second-order valence-electron chi connectivity index (χ2n) is 6.66. The van der Waals surface area contributed by atoms with Crippen molar-refractivity contribution in [2.24, 2.45) is 0 Å². The lowest BCUT2D eigenvalue weighted by atomic mass is 10.1. The number of nitrogens with zero attached hydrogens (tertiary/aromatic N) is 3. The largest absolute Gasteiger partial charge is 0.355 e. The fourth-order valence-corrected chi connectivity index (χ4v) is 2.00. The lowest BCUT2D eigenvalue weighted by molar-refractivity contribution is 0.421. The van der Waals surface area contributed by atoms with E-state index in [1.54, 1.807) is 0 Å². The smallest absolute Gasteiger partial charge is 0.147 e. The molecule has 1 heterocycles. The minimum absolute atomic E-state index is 0.106. The maximum absolute atomic E-state index is 4.61. The zero-order chi connectivity index (χ0) is 15.7. The predicted molar refractivity (Wildman–Crippen MR) is 90.7 cm³/mol. The summed E-state index contributed by atoms with van der Waals surface area (Å²) in [5.41, 5.74) is 1.11. The van der Waals surface area contributed by atoms with Gasteiger partial charge in [0.15, 0.2) is 0 Å². The molecule has 0 fully saturated rings. The van der Waals surface area contributed by atoms with Gasteiger partial charge in [-0.1, -0.05) is 26.7 Å². The Labute approximate surface area is 130 Å². The Bertz CT molecular complexity index is 373. The third-order valence-corrected chi connectivity index (χ3v) is 3.38. The number of nitrogens with one attached hydrogen (secondary N) is 1. The lowest BCUT2D eigenvalue weighted by Crippen LogP contribution is -2.35. The third-order valence-electron chi connectivity index (χ3n) is 3.38. The van der Waals surface area contributed by atoms with Crippen LogP contribution in [0.4, 0.5) is 5.82 Å². The summed E-state index contributed by atoms with van der Waals surface area (Å²) < 4.78 is 0. The molecule has 0 spiro atoms. The molecular weight excluding hydrogens is 260 g/mol. The van der Waals surface area contributed by atoms with Crippen molar-refractivity contribution in [1.82, 2.24) is 15.3 Å². The average Bonchev–Trinajstić information content (AvgIpc) is 2.45. The summed E-state index contributed by atoms with van der Waals surface area (Å²) >= 11 is 0. The van der Waals surface area contributed by atoms with E-state index in [9.17, 15) is 0 Å². The molecule has 0 saturated carbocycles. The van der Waals surface area contributed by atoms with Crippen molar-refractivity contribution in [2.75, 3.05) is 18.0 Å². The van der Waals surface area contributed by atoms with Crippen LogP contribution in [0.15, 0.2) is 12.4 Å². The van der Waals surface area contributed by atoms with Gasteiger partial charge in [-0.25, -0.2) is 4.98 Å². The first-order valence-electron chi connectivity index (χ1n) is 8.27. The second kappa shape index (κ2) is 8.98. The van der Waals surface area contributed by atoms with Crippen molar-refractivity contribution in [2.45, 2.75) is 72.4 Å². The van der Waals surface area contributed by atoms with Gasteiger partial charge in [-0.15, -0.1) is 0 Å². The van der Waals surface area contributed by atoms with Crippen LogP contribution >= 0.6 is 0 Å². The Hall–Kier alpha value is -1.16. The van der Waals surface area contributed by atoms with Gasteiger partial charge in [0.25, 0.3) is 0 Å². The van der Waals surface area contributed by atoms with Gasteiger partial charge in [0.1, 0.15) is 5.82 Å². The molecule has 0 radical (unpaired) electrons. The minimum Gasteiger partial charge on any atom is -0.355 e. The molecule has 1 aromatic rings. The van der Waals surface area contributed by atoms with E-state index < -0.39 is 0 Å². The zero-order valence-electron chi connectivity index (χ0n) is 14.4. The quantitative estimate of drug-likeness (QED) is 0.752. The normalized spacial score (nSPS) is 11.7. The number of hydrogen-bond acceptors (Lipinski definition) is 4. The standard InChI is InChI=1S/C17H32N4/c1-6-8-10-21(11-9-7-2)16-14-18-15(12-19-16)13-20-17(3,4)5/h12,14,20H,6-11,13H2,1-5H3. The SMILES string of the molecule is CCCCN(CCCC)c1cnc(CNC(C)(C)C)cn1. The highest BCUT2D eigenvalue weighted by Crippen LogP contribution is 2.12. The number of unbranched alkanes of at least 4 members (excludes halogenated alkanes) is 2.